The summed E-state index contributed by atoms with van der Waals surface area (Å²) in [6.45, 7) is 0.993. The van der Waals surface area contributed by atoms with Gasteiger partial charge in [-0.1, -0.05) is 0 Å². The van der Waals surface area contributed by atoms with Gasteiger partial charge in [-0.2, -0.15) is 4.68 Å². The molecule has 21 heavy (non-hydrogen) atoms. The van der Waals surface area contributed by atoms with Gasteiger partial charge in [0.1, 0.15) is 0 Å². The molecule has 2 N–H and O–H groups in total. The minimum absolute atomic E-state index is 0.0509. The lowest BCUT2D eigenvalue weighted by molar-refractivity contribution is 0.111. The average molecular weight is 317 g/mol. The molecule has 11 heteroatoms. The van der Waals surface area contributed by atoms with Crippen LogP contribution in [0.5, 0.6) is 0 Å². The number of hydrogen-bond acceptors (Lipinski definition) is 5. The molecular formula is C10H15N5O5S. The van der Waals surface area contributed by atoms with Gasteiger partial charge in [-0.3, -0.25) is 4.72 Å². The third-order valence-corrected chi connectivity index (χ3v) is 3.48. The molecule has 0 aromatic carbocycles. The van der Waals surface area contributed by atoms with Crippen LogP contribution in [0.25, 0.3) is 0 Å². The minimum atomic E-state index is -3.45. The molecule has 10 nitrogen and oxygen atoms in total. The van der Waals surface area contributed by atoms with Crippen molar-refractivity contribution in [2.45, 2.75) is 0 Å². The number of rotatable bonds is 2. The van der Waals surface area contributed by atoms with Crippen LogP contribution in [0.4, 0.5) is 15.4 Å². The van der Waals surface area contributed by atoms with Crippen molar-refractivity contribution in [3.63, 3.8) is 0 Å². The normalized spacial score (nSPS) is 15.9. The summed E-state index contributed by atoms with van der Waals surface area (Å²) in [5.74, 6) is 0.0509. The van der Waals surface area contributed by atoms with E-state index in [0.29, 0.717) is 0 Å². The molecule has 0 spiro atoms. The van der Waals surface area contributed by atoms with Gasteiger partial charge in [0.2, 0.25) is 10.0 Å². The van der Waals surface area contributed by atoms with E-state index in [9.17, 15) is 18.0 Å². The first kappa shape index (κ1) is 15.1. The Balaban J connectivity index is 2.00. The van der Waals surface area contributed by atoms with Crippen LogP contribution in [-0.2, 0) is 10.0 Å². The standard InChI is InChI=1S/C10H15N5O5S/c1-21(19,20)12-8-2-3-15(11-8)9(16)13-4-6-14(7-5-13)10(17)18/h2-3H,4-7H2,1H3,(H,11,12)(H,17,18). The molecular weight excluding hydrogens is 302 g/mol. The summed E-state index contributed by atoms with van der Waals surface area (Å²) in [5, 5.41) is 12.7. The van der Waals surface area contributed by atoms with E-state index in [2.05, 4.69) is 9.82 Å². The highest BCUT2D eigenvalue weighted by atomic mass is 32.2. The highest BCUT2D eigenvalue weighted by Gasteiger charge is 2.25. The summed E-state index contributed by atoms with van der Waals surface area (Å²) in [4.78, 5) is 25.6. The first-order valence-corrected chi connectivity index (χ1v) is 7.96. The van der Waals surface area contributed by atoms with Crippen LogP contribution >= 0.6 is 0 Å². The molecule has 0 radical (unpaired) electrons. The lowest BCUT2D eigenvalue weighted by Crippen LogP contribution is -2.51. The summed E-state index contributed by atoms with van der Waals surface area (Å²) in [6.07, 6.45) is 1.32. The highest BCUT2D eigenvalue weighted by molar-refractivity contribution is 7.92. The van der Waals surface area contributed by atoms with E-state index in [0.717, 1.165) is 10.9 Å². The van der Waals surface area contributed by atoms with Crippen molar-refractivity contribution in [2.24, 2.45) is 0 Å². The molecule has 0 bridgehead atoms. The second-order valence-electron chi connectivity index (χ2n) is 4.56. The van der Waals surface area contributed by atoms with Crippen molar-refractivity contribution < 1.29 is 23.1 Å². The number of hydrogen-bond donors (Lipinski definition) is 2. The third-order valence-electron chi connectivity index (χ3n) is 2.90. The molecule has 2 amide bonds. The average Bonchev–Trinajstić information content (AvgIpc) is 2.84. The number of piperazine rings is 1. The van der Waals surface area contributed by atoms with E-state index in [1.54, 1.807) is 0 Å². The lowest BCUT2D eigenvalue weighted by Gasteiger charge is -2.32. The zero-order valence-electron chi connectivity index (χ0n) is 11.3. The molecule has 1 aromatic heterocycles. The van der Waals surface area contributed by atoms with Gasteiger partial charge < -0.3 is 14.9 Å². The molecule has 1 fully saturated rings. The van der Waals surface area contributed by atoms with Gasteiger partial charge >= 0.3 is 12.1 Å². The zero-order valence-corrected chi connectivity index (χ0v) is 12.1. The molecule has 0 atom stereocenters. The van der Waals surface area contributed by atoms with E-state index in [4.69, 9.17) is 5.11 Å². The van der Waals surface area contributed by atoms with Crippen molar-refractivity contribution in [3.8, 4) is 0 Å². The van der Waals surface area contributed by atoms with Crippen LogP contribution in [0, 0.1) is 0 Å². The third kappa shape index (κ3) is 3.84. The van der Waals surface area contributed by atoms with Crippen LogP contribution in [0.1, 0.15) is 0 Å². The monoisotopic (exact) mass is 317 g/mol. The fourth-order valence-corrected chi connectivity index (χ4v) is 2.40. The number of nitrogens with zero attached hydrogens (tertiary/aromatic N) is 4. The summed E-state index contributed by atoms with van der Waals surface area (Å²) in [5.41, 5.74) is 0. The van der Waals surface area contributed by atoms with Crippen molar-refractivity contribution in [1.29, 1.82) is 0 Å². The summed E-state index contributed by atoms with van der Waals surface area (Å²) in [6, 6.07) is 0.938. The second kappa shape index (κ2) is 5.60. The van der Waals surface area contributed by atoms with Crippen molar-refractivity contribution in [1.82, 2.24) is 19.6 Å². The Morgan fingerprint density at radius 1 is 1.24 bits per heavy atom. The smallest absolute Gasteiger partial charge is 0.407 e. The molecule has 116 valence electrons. The first-order chi connectivity index (χ1) is 9.76. The molecule has 1 aliphatic heterocycles. The topological polar surface area (TPSA) is 125 Å². The van der Waals surface area contributed by atoms with Crippen LogP contribution < -0.4 is 4.72 Å². The van der Waals surface area contributed by atoms with E-state index >= 15 is 0 Å². The number of carbonyl (C=O) groups is 2. The Labute approximate surface area is 121 Å². The molecule has 0 aliphatic carbocycles. The quantitative estimate of drug-likeness (QED) is 0.759. The van der Waals surface area contributed by atoms with Gasteiger partial charge in [0.05, 0.1) is 6.26 Å². The molecule has 2 heterocycles. The summed E-state index contributed by atoms with van der Waals surface area (Å²) < 4.78 is 25.3. The summed E-state index contributed by atoms with van der Waals surface area (Å²) >= 11 is 0. The Hall–Kier alpha value is -2.30. The maximum absolute atomic E-state index is 12.1. The molecule has 1 saturated heterocycles. The van der Waals surface area contributed by atoms with E-state index in [1.165, 1.54) is 22.1 Å². The van der Waals surface area contributed by atoms with Crippen LogP contribution in [0.15, 0.2) is 12.3 Å². The number of anilines is 1. The zero-order chi connectivity index (χ0) is 15.6. The number of aromatic nitrogens is 2. The molecule has 0 unspecified atom stereocenters. The van der Waals surface area contributed by atoms with Gasteiger partial charge in [0.25, 0.3) is 0 Å². The Kier molecular flexibility index (Phi) is 4.02. The number of carbonyl (C=O) groups excluding carboxylic acids is 1. The number of nitrogens with one attached hydrogen (secondary N) is 1. The Bertz CT molecular complexity index is 647. The van der Waals surface area contributed by atoms with Crippen molar-refractivity contribution >= 4 is 28.0 Å². The fourth-order valence-electron chi connectivity index (χ4n) is 1.91. The van der Waals surface area contributed by atoms with E-state index in [1.807, 2.05) is 0 Å². The maximum atomic E-state index is 12.1. The van der Waals surface area contributed by atoms with Gasteiger partial charge in [-0.15, -0.1) is 5.10 Å². The van der Waals surface area contributed by atoms with Gasteiger partial charge in [0, 0.05) is 38.4 Å². The minimum Gasteiger partial charge on any atom is -0.465 e. The number of amides is 2. The fraction of sp³-hybridized carbons (Fsp3) is 0.500. The molecule has 1 aromatic rings. The maximum Gasteiger partial charge on any atom is 0.407 e. The number of carboxylic acid groups (broad SMARTS) is 1. The predicted molar refractivity (Wildman–Crippen MR) is 72.7 cm³/mol. The van der Waals surface area contributed by atoms with Gasteiger partial charge in [0.15, 0.2) is 5.82 Å². The summed E-state index contributed by atoms with van der Waals surface area (Å²) in [7, 11) is -3.45. The Morgan fingerprint density at radius 3 is 2.33 bits per heavy atom. The van der Waals surface area contributed by atoms with Crippen LogP contribution in [0.2, 0.25) is 0 Å². The molecule has 2 rings (SSSR count). The molecule has 0 saturated carbocycles. The van der Waals surface area contributed by atoms with Crippen LogP contribution in [-0.4, -0.2) is 77.7 Å². The molecule has 1 aliphatic rings. The first-order valence-electron chi connectivity index (χ1n) is 6.07. The van der Waals surface area contributed by atoms with Crippen molar-refractivity contribution in [2.75, 3.05) is 37.2 Å². The van der Waals surface area contributed by atoms with Crippen LogP contribution in [0.3, 0.4) is 0 Å². The lowest BCUT2D eigenvalue weighted by atomic mass is 10.3. The highest BCUT2D eigenvalue weighted by Crippen LogP contribution is 2.08. The van der Waals surface area contributed by atoms with Gasteiger partial charge in [-0.05, 0) is 0 Å². The number of sulfonamides is 1. The predicted octanol–water partition coefficient (Wildman–Crippen LogP) is -0.482. The SMILES string of the molecule is CS(=O)(=O)Nc1ccn(C(=O)N2CCN(C(=O)O)CC2)n1. The van der Waals surface area contributed by atoms with Gasteiger partial charge in [-0.25, -0.2) is 18.0 Å². The van der Waals surface area contributed by atoms with E-state index < -0.39 is 22.1 Å². The Morgan fingerprint density at radius 2 is 1.81 bits per heavy atom. The van der Waals surface area contributed by atoms with Crippen molar-refractivity contribution in [3.05, 3.63) is 12.3 Å². The van der Waals surface area contributed by atoms with E-state index in [-0.39, 0.29) is 32.0 Å². The second-order valence-corrected chi connectivity index (χ2v) is 6.31. The largest absolute Gasteiger partial charge is 0.465 e.